The van der Waals surface area contributed by atoms with Gasteiger partial charge in [0, 0.05) is 24.3 Å². The average molecular weight is 354 g/mol. The Hall–Kier alpha value is -1.33. The minimum Gasteiger partial charge on any atom is -0.354 e. The lowest BCUT2D eigenvalue weighted by atomic mass is 9.92. The molecule has 2 atom stereocenters. The minimum absolute atomic E-state index is 0. The molecule has 6 heteroatoms. The number of aromatic amines is 1. The predicted octanol–water partition coefficient (Wildman–Crippen LogP) is 2.58. The summed E-state index contributed by atoms with van der Waals surface area (Å²) in [4.78, 5) is 30.1. The number of aromatic nitrogens is 1. The maximum Gasteiger partial charge on any atom is 0.270 e. The summed E-state index contributed by atoms with van der Waals surface area (Å²) in [6.45, 7) is 9.27. The van der Waals surface area contributed by atoms with E-state index in [1.165, 1.54) is 0 Å². The van der Waals surface area contributed by atoms with Crippen LogP contribution in [-0.2, 0) is 6.42 Å². The molecule has 1 amide bonds. The number of rotatable bonds is 3. The summed E-state index contributed by atoms with van der Waals surface area (Å²) in [5.41, 5.74) is 3.02. The summed E-state index contributed by atoms with van der Waals surface area (Å²) >= 11 is 0. The van der Waals surface area contributed by atoms with Crippen LogP contribution in [0.15, 0.2) is 0 Å². The summed E-state index contributed by atoms with van der Waals surface area (Å²) < 4.78 is 0. The van der Waals surface area contributed by atoms with Crippen LogP contribution in [0.5, 0.6) is 0 Å². The second kappa shape index (κ2) is 7.70. The monoisotopic (exact) mass is 353 g/mol. The number of fused-ring (bicyclic) bond motifs is 1. The van der Waals surface area contributed by atoms with Gasteiger partial charge in [-0.2, -0.15) is 0 Å². The first-order valence-electron chi connectivity index (χ1n) is 8.75. The highest BCUT2D eigenvalue weighted by molar-refractivity contribution is 6.02. The third kappa shape index (κ3) is 3.38. The van der Waals surface area contributed by atoms with Crippen molar-refractivity contribution in [1.82, 2.24) is 15.2 Å². The zero-order valence-corrected chi connectivity index (χ0v) is 15.6. The Morgan fingerprint density at radius 3 is 2.25 bits per heavy atom. The maximum atomic E-state index is 13.0. The van der Waals surface area contributed by atoms with Crippen molar-refractivity contribution < 1.29 is 9.59 Å². The fourth-order valence-electron chi connectivity index (χ4n) is 4.27. The van der Waals surface area contributed by atoms with Gasteiger partial charge in [0.25, 0.3) is 5.91 Å². The van der Waals surface area contributed by atoms with E-state index in [4.69, 9.17) is 0 Å². The molecule has 3 heterocycles. The van der Waals surface area contributed by atoms with Gasteiger partial charge in [0.2, 0.25) is 0 Å². The maximum absolute atomic E-state index is 13.0. The summed E-state index contributed by atoms with van der Waals surface area (Å²) in [6.07, 6.45) is 2.84. The molecule has 1 aromatic heterocycles. The average Bonchev–Trinajstić information content (AvgIpc) is 3.05. The van der Waals surface area contributed by atoms with Gasteiger partial charge in [-0.25, -0.2) is 0 Å². The Morgan fingerprint density at radius 2 is 1.75 bits per heavy atom. The van der Waals surface area contributed by atoms with Crippen LogP contribution < -0.4 is 5.32 Å². The van der Waals surface area contributed by atoms with Crippen LogP contribution in [0.3, 0.4) is 0 Å². The number of halogens is 1. The Bertz CT molecular complexity index is 612. The molecule has 0 aliphatic carbocycles. The van der Waals surface area contributed by atoms with E-state index in [1.54, 1.807) is 6.92 Å². The SMILES string of the molecule is CCc1c(C(=O)N2CC[C@@H]3CNC[C@@H]3CC2)[nH]c(C)c1C(C)=O.Cl. The van der Waals surface area contributed by atoms with E-state index >= 15 is 0 Å². The van der Waals surface area contributed by atoms with Crippen LogP contribution in [0.4, 0.5) is 0 Å². The van der Waals surface area contributed by atoms with Gasteiger partial charge in [-0.05, 0) is 63.6 Å². The zero-order valence-electron chi connectivity index (χ0n) is 14.8. The molecule has 2 saturated heterocycles. The molecule has 0 aromatic carbocycles. The summed E-state index contributed by atoms with van der Waals surface area (Å²) in [5.74, 6) is 1.50. The molecule has 0 spiro atoms. The van der Waals surface area contributed by atoms with E-state index in [9.17, 15) is 9.59 Å². The quantitative estimate of drug-likeness (QED) is 0.821. The van der Waals surface area contributed by atoms with Crippen molar-refractivity contribution in [2.45, 2.75) is 40.0 Å². The van der Waals surface area contributed by atoms with E-state index in [-0.39, 0.29) is 24.1 Å². The van der Waals surface area contributed by atoms with Gasteiger partial charge in [0.05, 0.1) is 0 Å². The highest BCUT2D eigenvalue weighted by Gasteiger charge is 2.33. The number of Topliss-reactive ketones (excluding diaryl/α,β-unsaturated/α-hetero) is 1. The number of aryl methyl sites for hydroxylation is 1. The Labute approximate surface area is 150 Å². The molecule has 3 rings (SSSR count). The van der Waals surface area contributed by atoms with Crippen molar-refractivity contribution in [3.8, 4) is 0 Å². The fourth-order valence-corrected chi connectivity index (χ4v) is 4.27. The number of nitrogens with one attached hydrogen (secondary N) is 2. The van der Waals surface area contributed by atoms with Gasteiger partial charge in [-0.1, -0.05) is 6.92 Å². The third-order valence-corrected chi connectivity index (χ3v) is 5.52. The second-order valence-corrected chi connectivity index (χ2v) is 6.94. The molecule has 5 nitrogen and oxygen atoms in total. The summed E-state index contributed by atoms with van der Waals surface area (Å²) in [5, 5.41) is 3.46. The van der Waals surface area contributed by atoms with E-state index in [0.29, 0.717) is 29.5 Å². The Morgan fingerprint density at radius 1 is 1.17 bits per heavy atom. The molecule has 24 heavy (non-hydrogen) atoms. The summed E-state index contributed by atoms with van der Waals surface area (Å²) in [7, 11) is 0. The van der Waals surface area contributed by atoms with E-state index in [1.807, 2.05) is 18.7 Å². The highest BCUT2D eigenvalue weighted by Crippen LogP contribution is 2.28. The van der Waals surface area contributed by atoms with Crippen LogP contribution in [0.1, 0.15) is 58.8 Å². The number of H-pyrrole nitrogens is 1. The Kier molecular flexibility index (Phi) is 6.10. The van der Waals surface area contributed by atoms with Crippen molar-refractivity contribution >= 4 is 24.1 Å². The molecule has 134 valence electrons. The molecule has 2 aliphatic heterocycles. The minimum atomic E-state index is 0. The van der Waals surface area contributed by atoms with Crippen molar-refractivity contribution in [3.63, 3.8) is 0 Å². The first kappa shape index (κ1) is 19.0. The zero-order chi connectivity index (χ0) is 16.6. The van der Waals surface area contributed by atoms with Crippen molar-refractivity contribution in [3.05, 3.63) is 22.5 Å². The first-order chi connectivity index (χ1) is 11.0. The van der Waals surface area contributed by atoms with Gasteiger partial charge in [0.1, 0.15) is 5.69 Å². The molecule has 2 aliphatic rings. The van der Waals surface area contributed by atoms with Gasteiger partial charge in [-0.15, -0.1) is 12.4 Å². The lowest BCUT2D eigenvalue weighted by molar-refractivity contribution is 0.0752. The van der Waals surface area contributed by atoms with Crippen LogP contribution in [0.25, 0.3) is 0 Å². The topological polar surface area (TPSA) is 65.2 Å². The van der Waals surface area contributed by atoms with Gasteiger partial charge in [0.15, 0.2) is 5.78 Å². The van der Waals surface area contributed by atoms with E-state index in [2.05, 4.69) is 10.3 Å². The van der Waals surface area contributed by atoms with Crippen molar-refractivity contribution in [2.24, 2.45) is 11.8 Å². The molecule has 0 unspecified atom stereocenters. The first-order valence-corrected chi connectivity index (χ1v) is 8.75. The Balaban J connectivity index is 0.00000208. The lowest BCUT2D eigenvalue weighted by Gasteiger charge is -2.21. The largest absolute Gasteiger partial charge is 0.354 e. The molecule has 0 radical (unpaired) electrons. The molecule has 1 aromatic rings. The van der Waals surface area contributed by atoms with Crippen LogP contribution in [0, 0.1) is 18.8 Å². The molecule has 0 saturated carbocycles. The fraction of sp³-hybridized carbons (Fsp3) is 0.667. The van der Waals surface area contributed by atoms with Crippen molar-refractivity contribution in [2.75, 3.05) is 26.2 Å². The molecular weight excluding hydrogens is 326 g/mol. The second-order valence-electron chi connectivity index (χ2n) is 6.94. The normalized spacial score (nSPS) is 23.4. The molecule has 0 bridgehead atoms. The standard InChI is InChI=1S/C18H27N3O2.ClH/c1-4-15-16(12(3)22)11(2)20-17(15)18(23)21-7-5-13-9-19-10-14(13)6-8-21;/h13-14,19-20H,4-10H2,1-3H3;1H/t13-,14+;. The number of carbonyl (C=O) groups is 2. The third-order valence-electron chi connectivity index (χ3n) is 5.52. The van der Waals surface area contributed by atoms with Gasteiger partial charge >= 0.3 is 0 Å². The molecular formula is C18H28ClN3O2. The number of hydrogen-bond donors (Lipinski definition) is 2. The van der Waals surface area contributed by atoms with Crippen LogP contribution >= 0.6 is 12.4 Å². The van der Waals surface area contributed by atoms with Gasteiger partial charge in [-0.3, -0.25) is 9.59 Å². The number of amides is 1. The van der Waals surface area contributed by atoms with Crippen molar-refractivity contribution in [1.29, 1.82) is 0 Å². The molecule has 2 fully saturated rings. The smallest absolute Gasteiger partial charge is 0.270 e. The van der Waals surface area contributed by atoms with E-state index < -0.39 is 0 Å². The number of hydrogen-bond acceptors (Lipinski definition) is 3. The highest BCUT2D eigenvalue weighted by atomic mass is 35.5. The number of nitrogens with zero attached hydrogens (tertiary/aromatic N) is 1. The van der Waals surface area contributed by atoms with Gasteiger partial charge < -0.3 is 15.2 Å². The van der Waals surface area contributed by atoms with Crippen LogP contribution in [-0.4, -0.2) is 47.8 Å². The molecule has 2 N–H and O–H groups in total. The number of likely N-dealkylation sites (tertiary alicyclic amines) is 1. The van der Waals surface area contributed by atoms with E-state index in [0.717, 1.165) is 50.3 Å². The lowest BCUT2D eigenvalue weighted by Crippen LogP contribution is -2.33. The predicted molar refractivity (Wildman–Crippen MR) is 97.1 cm³/mol. The van der Waals surface area contributed by atoms with Crippen LogP contribution in [0.2, 0.25) is 0 Å². The number of carbonyl (C=O) groups excluding carboxylic acids is 2. The number of ketones is 1. The summed E-state index contributed by atoms with van der Waals surface area (Å²) in [6, 6.07) is 0.